The van der Waals surface area contributed by atoms with Gasteiger partial charge >= 0.3 is 5.97 Å². The Hall–Kier alpha value is -0.830. The van der Waals surface area contributed by atoms with Crippen molar-refractivity contribution in [3.63, 3.8) is 0 Å². The third kappa shape index (κ3) is 3.06. The molecule has 3 nitrogen and oxygen atoms in total. The van der Waals surface area contributed by atoms with Crippen LogP contribution in [0.1, 0.15) is 40.0 Å². The minimum absolute atomic E-state index is 0.0531. The van der Waals surface area contributed by atoms with E-state index in [-0.39, 0.29) is 17.8 Å². The number of hydrogen-bond donors (Lipinski definition) is 2. The molecular weight excluding hydrogens is 192 g/mol. The summed E-state index contributed by atoms with van der Waals surface area (Å²) in [4.78, 5) is 10.6. The normalized spacial score (nSPS) is 26.9. The van der Waals surface area contributed by atoms with Gasteiger partial charge in [-0.05, 0) is 31.1 Å². The Bertz CT molecular complexity index is 279. The summed E-state index contributed by atoms with van der Waals surface area (Å²) in [5.41, 5.74) is 1.23. The van der Waals surface area contributed by atoms with Crippen molar-refractivity contribution in [3.05, 3.63) is 11.6 Å². The summed E-state index contributed by atoms with van der Waals surface area (Å²) in [6, 6.07) is 0. The van der Waals surface area contributed by atoms with Crippen LogP contribution in [-0.2, 0) is 4.79 Å². The smallest absolute Gasteiger partial charge is 0.305 e. The molecule has 3 heteroatoms. The Kier molecular flexibility index (Phi) is 3.55. The van der Waals surface area contributed by atoms with Crippen LogP contribution in [0.5, 0.6) is 0 Å². The van der Waals surface area contributed by atoms with Crippen LogP contribution in [0.4, 0.5) is 0 Å². The van der Waals surface area contributed by atoms with Crippen molar-refractivity contribution in [1.29, 1.82) is 0 Å². The molecule has 1 rings (SSSR count). The molecule has 0 aromatic carbocycles. The van der Waals surface area contributed by atoms with E-state index in [1.54, 1.807) is 0 Å². The SMILES string of the molecule is CC1=CC(C)(C)C(C(O)CC(=O)O)CC1. The minimum atomic E-state index is -0.926. The van der Waals surface area contributed by atoms with Gasteiger partial charge < -0.3 is 10.2 Å². The largest absolute Gasteiger partial charge is 0.481 e. The fourth-order valence-corrected chi connectivity index (χ4v) is 2.58. The van der Waals surface area contributed by atoms with Crippen LogP contribution >= 0.6 is 0 Å². The molecular formula is C12H20O3. The van der Waals surface area contributed by atoms with Crippen LogP contribution in [0.3, 0.4) is 0 Å². The van der Waals surface area contributed by atoms with E-state index in [4.69, 9.17) is 5.11 Å². The van der Waals surface area contributed by atoms with E-state index < -0.39 is 12.1 Å². The molecule has 1 aliphatic carbocycles. The summed E-state index contributed by atoms with van der Waals surface area (Å²) < 4.78 is 0. The maximum atomic E-state index is 10.6. The first kappa shape index (κ1) is 12.2. The molecule has 2 N–H and O–H groups in total. The predicted molar refractivity (Wildman–Crippen MR) is 58.5 cm³/mol. The second-order valence-electron chi connectivity index (χ2n) is 5.12. The Morgan fingerprint density at radius 3 is 2.73 bits per heavy atom. The van der Waals surface area contributed by atoms with Gasteiger partial charge in [-0.3, -0.25) is 4.79 Å². The fraction of sp³-hybridized carbons (Fsp3) is 0.750. The topological polar surface area (TPSA) is 57.5 Å². The summed E-state index contributed by atoms with van der Waals surface area (Å²) in [5, 5.41) is 18.5. The van der Waals surface area contributed by atoms with E-state index >= 15 is 0 Å². The maximum Gasteiger partial charge on any atom is 0.305 e. The summed E-state index contributed by atoms with van der Waals surface area (Å²) in [6.45, 7) is 6.21. The van der Waals surface area contributed by atoms with E-state index in [9.17, 15) is 9.90 Å². The number of carbonyl (C=O) groups is 1. The number of aliphatic hydroxyl groups is 1. The van der Waals surface area contributed by atoms with Gasteiger partial charge in [0.25, 0.3) is 0 Å². The molecule has 0 bridgehead atoms. The molecule has 0 saturated heterocycles. The van der Waals surface area contributed by atoms with E-state index in [0.29, 0.717) is 0 Å². The third-order valence-corrected chi connectivity index (χ3v) is 3.27. The molecule has 15 heavy (non-hydrogen) atoms. The van der Waals surface area contributed by atoms with Gasteiger partial charge in [0.1, 0.15) is 0 Å². The van der Waals surface area contributed by atoms with E-state index in [1.807, 2.05) is 0 Å². The number of carboxylic acids is 1. The van der Waals surface area contributed by atoms with Gasteiger partial charge in [-0.25, -0.2) is 0 Å². The minimum Gasteiger partial charge on any atom is -0.481 e. The molecule has 0 spiro atoms. The quantitative estimate of drug-likeness (QED) is 0.705. The van der Waals surface area contributed by atoms with Crippen LogP contribution in [0, 0.1) is 11.3 Å². The van der Waals surface area contributed by atoms with Gasteiger partial charge in [-0.2, -0.15) is 0 Å². The van der Waals surface area contributed by atoms with Crippen molar-refractivity contribution in [2.24, 2.45) is 11.3 Å². The average molecular weight is 212 g/mol. The highest BCUT2D eigenvalue weighted by Gasteiger charge is 2.36. The number of carboxylic acid groups (broad SMARTS) is 1. The zero-order valence-corrected chi connectivity index (χ0v) is 9.66. The highest BCUT2D eigenvalue weighted by atomic mass is 16.4. The molecule has 0 fully saturated rings. The molecule has 0 amide bonds. The highest BCUT2D eigenvalue weighted by Crippen LogP contribution is 2.41. The van der Waals surface area contributed by atoms with Crippen LogP contribution in [0.25, 0.3) is 0 Å². The number of rotatable bonds is 3. The fourth-order valence-electron chi connectivity index (χ4n) is 2.58. The summed E-state index contributed by atoms with van der Waals surface area (Å²) in [7, 11) is 0. The van der Waals surface area contributed by atoms with Gasteiger partial charge in [0.15, 0.2) is 0 Å². The van der Waals surface area contributed by atoms with Crippen LogP contribution < -0.4 is 0 Å². The molecule has 0 saturated carbocycles. The Morgan fingerprint density at radius 2 is 2.27 bits per heavy atom. The lowest BCUT2D eigenvalue weighted by molar-refractivity contribution is -0.140. The van der Waals surface area contributed by atoms with Gasteiger partial charge in [0.2, 0.25) is 0 Å². The van der Waals surface area contributed by atoms with Crippen molar-refractivity contribution in [3.8, 4) is 0 Å². The molecule has 0 aliphatic heterocycles. The lowest BCUT2D eigenvalue weighted by Gasteiger charge is -2.38. The Balaban J connectivity index is 2.74. The number of allylic oxidation sites excluding steroid dienone is 2. The predicted octanol–water partition coefficient (Wildman–Crippen LogP) is 2.20. The molecule has 0 aromatic heterocycles. The first-order valence-corrected chi connectivity index (χ1v) is 5.41. The standard InChI is InChI=1S/C12H20O3/c1-8-4-5-9(12(2,3)7-8)10(13)6-11(14)15/h7,9-10,13H,4-6H2,1-3H3,(H,14,15). The van der Waals surface area contributed by atoms with Gasteiger partial charge in [-0.15, -0.1) is 0 Å². The van der Waals surface area contributed by atoms with Gasteiger partial charge in [0, 0.05) is 0 Å². The van der Waals surface area contributed by atoms with E-state index in [0.717, 1.165) is 12.8 Å². The summed E-state index contributed by atoms with van der Waals surface area (Å²) in [6.07, 6.45) is 3.11. The number of aliphatic hydroxyl groups excluding tert-OH is 1. The van der Waals surface area contributed by atoms with E-state index in [1.165, 1.54) is 5.57 Å². The summed E-state index contributed by atoms with van der Waals surface area (Å²) in [5.74, 6) is -0.873. The van der Waals surface area contributed by atoms with Crippen LogP contribution in [0.2, 0.25) is 0 Å². The molecule has 1 aliphatic rings. The van der Waals surface area contributed by atoms with Crippen molar-refractivity contribution in [1.82, 2.24) is 0 Å². The zero-order valence-electron chi connectivity index (χ0n) is 9.66. The summed E-state index contributed by atoms with van der Waals surface area (Å²) >= 11 is 0. The van der Waals surface area contributed by atoms with Crippen LogP contribution in [0.15, 0.2) is 11.6 Å². The Labute approximate surface area is 90.8 Å². The van der Waals surface area contributed by atoms with E-state index in [2.05, 4.69) is 26.8 Å². The molecule has 2 atom stereocenters. The lowest BCUT2D eigenvalue weighted by atomic mass is 9.68. The average Bonchev–Trinajstić information content (AvgIpc) is 1.99. The highest BCUT2D eigenvalue weighted by molar-refractivity contribution is 5.67. The monoisotopic (exact) mass is 212 g/mol. The second kappa shape index (κ2) is 4.35. The van der Waals surface area contributed by atoms with Crippen molar-refractivity contribution >= 4 is 5.97 Å². The molecule has 2 unspecified atom stereocenters. The second-order valence-corrected chi connectivity index (χ2v) is 5.12. The first-order chi connectivity index (χ1) is 6.83. The van der Waals surface area contributed by atoms with Crippen molar-refractivity contribution in [2.45, 2.75) is 46.1 Å². The maximum absolute atomic E-state index is 10.6. The molecule has 0 radical (unpaired) electrons. The number of aliphatic carboxylic acids is 1. The van der Waals surface area contributed by atoms with Gasteiger partial charge in [0.05, 0.1) is 12.5 Å². The van der Waals surface area contributed by atoms with Crippen molar-refractivity contribution in [2.75, 3.05) is 0 Å². The third-order valence-electron chi connectivity index (χ3n) is 3.27. The molecule has 86 valence electrons. The number of hydrogen-bond acceptors (Lipinski definition) is 2. The lowest BCUT2D eigenvalue weighted by Crippen LogP contribution is -2.36. The van der Waals surface area contributed by atoms with Crippen molar-refractivity contribution < 1.29 is 15.0 Å². The Morgan fingerprint density at radius 1 is 1.67 bits per heavy atom. The van der Waals surface area contributed by atoms with Crippen LogP contribution in [-0.4, -0.2) is 22.3 Å². The molecule has 0 aromatic rings. The molecule has 0 heterocycles. The van der Waals surface area contributed by atoms with Gasteiger partial charge in [-0.1, -0.05) is 25.5 Å². The first-order valence-electron chi connectivity index (χ1n) is 5.41. The zero-order chi connectivity index (χ0) is 11.6.